The van der Waals surface area contributed by atoms with E-state index in [9.17, 15) is 4.79 Å². The number of nitrogens with zero attached hydrogens (tertiary/aromatic N) is 1. The zero-order valence-electron chi connectivity index (χ0n) is 10.1. The van der Waals surface area contributed by atoms with Crippen LogP contribution in [-0.2, 0) is 4.79 Å². The molecule has 88 valence electrons. The summed E-state index contributed by atoms with van der Waals surface area (Å²) in [6.45, 7) is 8.44. The third kappa shape index (κ3) is 3.40. The van der Waals surface area contributed by atoms with Crippen LogP contribution in [0, 0.1) is 17.8 Å². The molecule has 0 radical (unpaired) electrons. The molecular weight excluding hydrogens is 206 g/mol. The van der Waals surface area contributed by atoms with Crippen molar-refractivity contribution in [1.82, 2.24) is 4.90 Å². The molecule has 2 atom stereocenters. The lowest BCUT2D eigenvalue weighted by Gasteiger charge is -2.22. The fourth-order valence-corrected chi connectivity index (χ4v) is 2.43. The van der Waals surface area contributed by atoms with Gasteiger partial charge >= 0.3 is 0 Å². The molecular formula is C12H23NOS. The minimum atomic E-state index is 0.342. The van der Waals surface area contributed by atoms with Crippen molar-refractivity contribution in [3.63, 3.8) is 0 Å². The Hall–Kier alpha value is -0.180. The Morgan fingerprint density at radius 2 is 2.20 bits per heavy atom. The molecule has 0 aromatic heterocycles. The second-order valence-corrected chi connectivity index (χ2v) is 5.33. The van der Waals surface area contributed by atoms with Crippen molar-refractivity contribution in [1.29, 1.82) is 0 Å². The predicted octanol–water partition coefficient (Wildman–Crippen LogP) is 2.45. The van der Waals surface area contributed by atoms with E-state index in [0.717, 1.165) is 31.7 Å². The van der Waals surface area contributed by atoms with Gasteiger partial charge in [-0.1, -0.05) is 27.2 Å². The van der Waals surface area contributed by atoms with Crippen LogP contribution in [0.3, 0.4) is 0 Å². The predicted molar refractivity (Wildman–Crippen MR) is 67.2 cm³/mol. The number of hydrogen-bond acceptors (Lipinski definition) is 2. The summed E-state index contributed by atoms with van der Waals surface area (Å²) in [6, 6.07) is 0. The van der Waals surface area contributed by atoms with Crippen molar-refractivity contribution < 1.29 is 4.79 Å². The van der Waals surface area contributed by atoms with Crippen LogP contribution in [0.15, 0.2) is 0 Å². The molecule has 0 aromatic carbocycles. The van der Waals surface area contributed by atoms with Gasteiger partial charge in [-0.25, -0.2) is 0 Å². The van der Waals surface area contributed by atoms with Gasteiger partial charge in [-0.05, 0) is 23.5 Å². The van der Waals surface area contributed by atoms with Gasteiger partial charge in [-0.2, -0.15) is 12.6 Å². The number of carbonyl (C=O) groups is 1. The minimum Gasteiger partial charge on any atom is -0.342 e. The summed E-state index contributed by atoms with van der Waals surface area (Å²) in [5, 5.41) is 0. The van der Waals surface area contributed by atoms with E-state index in [1.807, 2.05) is 4.90 Å². The highest BCUT2D eigenvalue weighted by Gasteiger charge is 2.31. The Balaban J connectivity index is 2.46. The Kier molecular flexibility index (Phi) is 4.97. The number of thiol groups is 1. The lowest BCUT2D eigenvalue weighted by Crippen LogP contribution is -2.31. The second-order valence-electron chi connectivity index (χ2n) is 4.96. The Morgan fingerprint density at radius 3 is 2.60 bits per heavy atom. The summed E-state index contributed by atoms with van der Waals surface area (Å²) in [4.78, 5) is 13.8. The van der Waals surface area contributed by atoms with E-state index in [4.69, 9.17) is 0 Å². The Labute approximate surface area is 98.8 Å². The molecule has 1 aliphatic heterocycles. The summed E-state index contributed by atoms with van der Waals surface area (Å²) in [5.74, 6) is 2.97. The topological polar surface area (TPSA) is 20.3 Å². The SMILES string of the molecule is CCC(CS)CN1CC(C(C)C)CC1=O. The highest BCUT2D eigenvalue weighted by Crippen LogP contribution is 2.25. The molecule has 15 heavy (non-hydrogen) atoms. The van der Waals surface area contributed by atoms with Gasteiger partial charge in [0, 0.05) is 19.5 Å². The molecule has 1 fully saturated rings. The van der Waals surface area contributed by atoms with Gasteiger partial charge < -0.3 is 4.90 Å². The first-order valence-electron chi connectivity index (χ1n) is 5.97. The van der Waals surface area contributed by atoms with Crippen LogP contribution < -0.4 is 0 Å². The Bertz CT molecular complexity index is 214. The smallest absolute Gasteiger partial charge is 0.222 e. The van der Waals surface area contributed by atoms with E-state index >= 15 is 0 Å². The molecule has 0 aliphatic carbocycles. The van der Waals surface area contributed by atoms with Crippen molar-refractivity contribution in [3.05, 3.63) is 0 Å². The summed E-state index contributed by atoms with van der Waals surface area (Å²) in [7, 11) is 0. The van der Waals surface area contributed by atoms with Gasteiger partial charge in [0.15, 0.2) is 0 Å². The lowest BCUT2D eigenvalue weighted by atomic mass is 9.95. The number of carbonyl (C=O) groups excluding carboxylic acids is 1. The first-order chi connectivity index (χ1) is 7.08. The maximum absolute atomic E-state index is 11.8. The molecule has 0 spiro atoms. The average molecular weight is 229 g/mol. The normalized spacial score (nSPS) is 23.9. The van der Waals surface area contributed by atoms with E-state index in [-0.39, 0.29) is 0 Å². The van der Waals surface area contributed by atoms with Crippen LogP contribution in [0.2, 0.25) is 0 Å². The number of rotatable bonds is 5. The molecule has 2 unspecified atom stereocenters. The van der Waals surface area contributed by atoms with Gasteiger partial charge in [0.05, 0.1) is 0 Å². The largest absolute Gasteiger partial charge is 0.342 e. The fraction of sp³-hybridized carbons (Fsp3) is 0.917. The fourth-order valence-electron chi connectivity index (χ4n) is 2.05. The zero-order valence-corrected chi connectivity index (χ0v) is 11.0. The van der Waals surface area contributed by atoms with Gasteiger partial charge in [0.1, 0.15) is 0 Å². The minimum absolute atomic E-state index is 0.342. The summed E-state index contributed by atoms with van der Waals surface area (Å²) in [5.41, 5.74) is 0. The van der Waals surface area contributed by atoms with E-state index < -0.39 is 0 Å². The monoisotopic (exact) mass is 229 g/mol. The van der Waals surface area contributed by atoms with Crippen molar-refractivity contribution in [2.24, 2.45) is 17.8 Å². The first-order valence-corrected chi connectivity index (χ1v) is 6.60. The van der Waals surface area contributed by atoms with Crippen LogP contribution in [0.5, 0.6) is 0 Å². The van der Waals surface area contributed by atoms with Crippen LogP contribution >= 0.6 is 12.6 Å². The maximum Gasteiger partial charge on any atom is 0.222 e. The molecule has 0 bridgehead atoms. The molecule has 0 N–H and O–H groups in total. The average Bonchev–Trinajstić information content (AvgIpc) is 2.56. The van der Waals surface area contributed by atoms with E-state index in [1.54, 1.807) is 0 Å². The second kappa shape index (κ2) is 5.78. The molecule has 3 heteroatoms. The molecule has 1 amide bonds. The van der Waals surface area contributed by atoms with Crippen LogP contribution in [0.1, 0.15) is 33.6 Å². The summed E-state index contributed by atoms with van der Waals surface area (Å²) >= 11 is 4.32. The third-order valence-corrected chi connectivity index (χ3v) is 4.02. The van der Waals surface area contributed by atoms with E-state index in [1.165, 1.54) is 0 Å². The molecule has 1 rings (SSSR count). The van der Waals surface area contributed by atoms with Crippen molar-refractivity contribution in [2.75, 3.05) is 18.8 Å². The van der Waals surface area contributed by atoms with Crippen molar-refractivity contribution in [2.45, 2.75) is 33.6 Å². The highest BCUT2D eigenvalue weighted by atomic mass is 32.1. The number of hydrogen-bond donors (Lipinski definition) is 1. The lowest BCUT2D eigenvalue weighted by molar-refractivity contribution is -0.128. The molecule has 0 saturated carbocycles. The zero-order chi connectivity index (χ0) is 11.4. The third-order valence-electron chi connectivity index (χ3n) is 3.50. The molecule has 1 aliphatic rings. The number of likely N-dealkylation sites (tertiary alicyclic amines) is 1. The summed E-state index contributed by atoms with van der Waals surface area (Å²) in [6.07, 6.45) is 1.86. The van der Waals surface area contributed by atoms with Crippen LogP contribution in [0.25, 0.3) is 0 Å². The van der Waals surface area contributed by atoms with Crippen molar-refractivity contribution in [3.8, 4) is 0 Å². The van der Waals surface area contributed by atoms with Crippen molar-refractivity contribution >= 4 is 18.5 Å². The molecule has 1 saturated heterocycles. The van der Waals surface area contributed by atoms with Gasteiger partial charge in [0.25, 0.3) is 0 Å². The van der Waals surface area contributed by atoms with Gasteiger partial charge in [-0.3, -0.25) is 4.79 Å². The first kappa shape index (κ1) is 12.9. The van der Waals surface area contributed by atoms with Gasteiger partial charge in [0.2, 0.25) is 5.91 Å². The van der Waals surface area contributed by atoms with Crippen LogP contribution in [0.4, 0.5) is 0 Å². The van der Waals surface area contributed by atoms with Gasteiger partial charge in [-0.15, -0.1) is 0 Å². The summed E-state index contributed by atoms with van der Waals surface area (Å²) < 4.78 is 0. The quantitative estimate of drug-likeness (QED) is 0.718. The molecule has 0 aromatic rings. The molecule has 1 heterocycles. The molecule has 2 nitrogen and oxygen atoms in total. The van der Waals surface area contributed by atoms with Crippen LogP contribution in [-0.4, -0.2) is 29.6 Å². The highest BCUT2D eigenvalue weighted by molar-refractivity contribution is 7.80. The Morgan fingerprint density at radius 1 is 1.53 bits per heavy atom. The van der Waals surface area contributed by atoms with E-state index in [0.29, 0.717) is 23.7 Å². The standard InChI is InChI=1S/C12H23NOS/c1-4-10(8-15)6-13-7-11(9(2)3)5-12(13)14/h9-11,15H,4-8H2,1-3H3. The van der Waals surface area contributed by atoms with E-state index in [2.05, 4.69) is 33.4 Å². The number of amides is 1. The maximum atomic E-state index is 11.8.